The second-order valence-electron chi connectivity index (χ2n) is 4.40. The molecule has 2 rings (SSSR count). The summed E-state index contributed by atoms with van der Waals surface area (Å²) in [5.74, 6) is 0. The van der Waals surface area contributed by atoms with E-state index in [-0.39, 0.29) is 6.04 Å². The van der Waals surface area contributed by atoms with Crippen LogP contribution in [0.3, 0.4) is 0 Å². The van der Waals surface area contributed by atoms with Gasteiger partial charge in [-0.25, -0.2) is 0 Å². The number of benzene rings is 2. The quantitative estimate of drug-likeness (QED) is 0.538. The van der Waals surface area contributed by atoms with Crippen molar-refractivity contribution in [3.63, 3.8) is 0 Å². The monoisotopic (exact) mass is 435 g/mol. The van der Waals surface area contributed by atoms with Crippen molar-refractivity contribution in [1.82, 2.24) is 0 Å². The summed E-state index contributed by atoms with van der Waals surface area (Å²) in [5.41, 5.74) is 2.17. The van der Waals surface area contributed by atoms with E-state index in [9.17, 15) is 0 Å². The number of anilines is 1. The van der Waals surface area contributed by atoms with Gasteiger partial charge < -0.3 is 5.32 Å². The molecule has 0 fully saturated rings. The molecule has 1 unspecified atom stereocenters. The van der Waals surface area contributed by atoms with E-state index in [0.717, 1.165) is 26.6 Å². The third-order valence-corrected chi connectivity index (χ3v) is 4.90. The average molecular weight is 438 g/mol. The second kappa shape index (κ2) is 7.17. The normalized spacial score (nSPS) is 12.2. The van der Waals surface area contributed by atoms with Crippen LogP contribution in [0.1, 0.15) is 24.9 Å². The van der Waals surface area contributed by atoms with Crippen molar-refractivity contribution in [2.75, 3.05) is 5.32 Å². The molecule has 20 heavy (non-hydrogen) atoms. The maximum Gasteiger partial charge on any atom is 0.0595 e. The lowest BCUT2D eigenvalue weighted by molar-refractivity contribution is 0.749. The van der Waals surface area contributed by atoms with Gasteiger partial charge in [0.25, 0.3) is 0 Å². The van der Waals surface area contributed by atoms with Crippen LogP contribution in [0.15, 0.2) is 45.3 Å². The molecule has 0 saturated carbocycles. The fraction of sp³-hybridized carbons (Fsp3) is 0.200. The molecule has 0 aliphatic rings. The summed E-state index contributed by atoms with van der Waals surface area (Å²) in [5, 5.41) is 4.68. The standard InChI is InChI=1S/C15H13Br2Cl2N/c1-2-14(9-3-5-12(18)13(19)7-9)20-15-6-4-10(16)8-11(15)17/h3-8,14,20H,2H2,1H3. The molecule has 0 amide bonds. The zero-order chi connectivity index (χ0) is 14.7. The van der Waals surface area contributed by atoms with Crippen molar-refractivity contribution in [2.24, 2.45) is 0 Å². The Morgan fingerprint density at radius 3 is 2.40 bits per heavy atom. The molecule has 106 valence electrons. The Balaban J connectivity index is 2.26. The topological polar surface area (TPSA) is 12.0 Å². The molecular weight excluding hydrogens is 425 g/mol. The van der Waals surface area contributed by atoms with Gasteiger partial charge in [0, 0.05) is 14.6 Å². The molecule has 0 aromatic heterocycles. The van der Waals surface area contributed by atoms with Gasteiger partial charge in [0.1, 0.15) is 0 Å². The highest BCUT2D eigenvalue weighted by molar-refractivity contribution is 9.11. The van der Waals surface area contributed by atoms with E-state index in [2.05, 4.69) is 44.1 Å². The Morgan fingerprint density at radius 1 is 1.05 bits per heavy atom. The molecule has 0 spiro atoms. The first-order chi connectivity index (χ1) is 9.51. The first-order valence-electron chi connectivity index (χ1n) is 6.17. The van der Waals surface area contributed by atoms with E-state index in [4.69, 9.17) is 23.2 Å². The lowest BCUT2D eigenvalue weighted by Crippen LogP contribution is -2.10. The summed E-state index contributed by atoms with van der Waals surface area (Å²) in [6, 6.07) is 12.0. The van der Waals surface area contributed by atoms with Gasteiger partial charge in [-0.2, -0.15) is 0 Å². The van der Waals surface area contributed by atoms with Gasteiger partial charge in [0.15, 0.2) is 0 Å². The fourth-order valence-electron chi connectivity index (χ4n) is 1.94. The van der Waals surface area contributed by atoms with Gasteiger partial charge in [-0.05, 0) is 58.2 Å². The highest BCUT2D eigenvalue weighted by atomic mass is 79.9. The van der Waals surface area contributed by atoms with Gasteiger partial charge in [-0.3, -0.25) is 0 Å². The van der Waals surface area contributed by atoms with Crippen LogP contribution in [0.25, 0.3) is 0 Å². The van der Waals surface area contributed by atoms with Gasteiger partial charge in [-0.15, -0.1) is 0 Å². The third-order valence-electron chi connectivity index (χ3n) is 3.02. The summed E-state index contributed by atoms with van der Waals surface area (Å²) >= 11 is 19.1. The maximum atomic E-state index is 6.09. The fourth-order valence-corrected chi connectivity index (χ4v) is 3.41. The van der Waals surface area contributed by atoms with E-state index >= 15 is 0 Å². The number of nitrogens with one attached hydrogen (secondary N) is 1. The van der Waals surface area contributed by atoms with Gasteiger partial charge in [-0.1, -0.05) is 52.1 Å². The van der Waals surface area contributed by atoms with Crippen molar-refractivity contribution in [1.29, 1.82) is 0 Å². The van der Waals surface area contributed by atoms with Gasteiger partial charge in [0.05, 0.1) is 16.1 Å². The van der Waals surface area contributed by atoms with Crippen LogP contribution in [-0.2, 0) is 0 Å². The predicted molar refractivity (Wildman–Crippen MR) is 95.0 cm³/mol. The van der Waals surface area contributed by atoms with E-state index in [0.29, 0.717) is 10.0 Å². The SMILES string of the molecule is CCC(Nc1ccc(Br)cc1Br)c1ccc(Cl)c(Cl)c1. The summed E-state index contributed by atoms with van der Waals surface area (Å²) < 4.78 is 2.06. The molecule has 5 heteroatoms. The van der Waals surface area contributed by atoms with Crippen LogP contribution in [0.4, 0.5) is 5.69 Å². The van der Waals surface area contributed by atoms with Crippen molar-refractivity contribution in [3.05, 3.63) is 61.0 Å². The highest BCUT2D eigenvalue weighted by Gasteiger charge is 2.12. The minimum atomic E-state index is 0.183. The summed E-state index contributed by atoms with van der Waals surface area (Å²) in [7, 11) is 0. The van der Waals surface area contributed by atoms with E-state index < -0.39 is 0 Å². The van der Waals surface area contributed by atoms with E-state index in [1.54, 1.807) is 0 Å². The first kappa shape index (κ1) is 16.2. The van der Waals surface area contributed by atoms with Crippen LogP contribution in [0, 0.1) is 0 Å². The predicted octanol–water partition coefficient (Wildman–Crippen LogP) is 7.08. The molecule has 0 radical (unpaired) electrons. The zero-order valence-electron chi connectivity index (χ0n) is 10.8. The third kappa shape index (κ3) is 3.91. The molecule has 2 aromatic rings. The summed E-state index contributed by atoms with van der Waals surface area (Å²) in [6.45, 7) is 2.13. The Hall–Kier alpha value is -0.220. The Morgan fingerprint density at radius 2 is 1.80 bits per heavy atom. The van der Waals surface area contributed by atoms with Crippen molar-refractivity contribution < 1.29 is 0 Å². The Bertz CT molecular complexity index is 617. The number of halogens is 4. The molecule has 0 heterocycles. The second-order valence-corrected chi connectivity index (χ2v) is 6.99. The summed E-state index contributed by atoms with van der Waals surface area (Å²) in [6.07, 6.45) is 0.945. The minimum Gasteiger partial charge on any atom is -0.377 e. The Labute approximate surface area is 145 Å². The van der Waals surface area contributed by atoms with Crippen molar-refractivity contribution >= 4 is 60.7 Å². The molecule has 1 nitrogen and oxygen atoms in total. The smallest absolute Gasteiger partial charge is 0.0595 e. The van der Waals surface area contributed by atoms with Gasteiger partial charge >= 0.3 is 0 Å². The van der Waals surface area contributed by atoms with Crippen LogP contribution < -0.4 is 5.32 Å². The summed E-state index contributed by atoms with van der Waals surface area (Å²) in [4.78, 5) is 0. The molecule has 0 saturated heterocycles. The molecule has 0 aliphatic carbocycles. The van der Waals surface area contributed by atoms with Crippen LogP contribution >= 0.6 is 55.1 Å². The molecular formula is C15H13Br2Cl2N. The number of rotatable bonds is 4. The first-order valence-corrected chi connectivity index (χ1v) is 8.52. The molecule has 0 bridgehead atoms. The average Bonchev–Trinajstić information content (AvgIpc) is 2.41. The largest absolute Gasteiger partial charge is 0.377 e. The van der Waals surface area contributed by atoms with Crippen molar-refractivity contribution in [2.45, 2.75) is 19.4 Å². The lowest BCUT2D eigenvalue weighted by Gasteiger charge is -2.20. The number of hydrogen-bond donors (Lipinski definition) is 1. The highest BCUT2D eigenvalue weighted by Crippen LogP contribution is 2.32. The van der Waals surface area contributed by atoms with Crippen LogP contribution in [0.2, 0.25) is 10.0 Å². The zero-order valence-corrected chi connectivity index (χ0v) is 15.4. The number of hydrogen-bond acceptors (Lipinski definition) is 1. The van der Waals surface area contributed by atoms with E-state index in [1.165, 1.54) is 0 Å². The van der Waals surface area contributed by atoms with Gasteiger partial charge in [0.2, 0.25) is 0 Å². The van der Waals surface area contributed by atoms with Crippen LogP contribution in [0.5, 0.6) is 0 Å². The molecule has 2 aromatic carbocycles. The molecule has 1 N–H and O–H groups in total. The van der Waals surface area contributed by atoms with Crippen molar-refractivity contribution in [3.8, 4) is 0 Å². The minimum absolute atomic E-state index is 0.183. The Kier molecular flexibility index (Phi) is 5.79. The van der Waals surface area contributed by atoms with E-state index in [1.807, 2.05) is 36.4 Å². The molecule has 0 aliphatic heterocycles. The maximum absolute atomic E-state index is 6.09. The lowest BCUT2D eigenvalue weighted by atomic mass is 10.0. The van der Waals surface area contributed by atoms with Crippen LogP contribution in [-0.4, -0.2) is 0 Å². The molecule has 1 atom stereocenters.